The van der Waals surface area contributed by atoms with Gasteiger partial charge < -0.3 is 14.9 Å². The zero-order valence-electron chi connectivity index (χ0n) is 20.4. The van der Waals surface area contributed by atoms with Gasteiger partial charge in [0.05, 0.1) is 21.6 Å². The van der Waals surface area contributed by atoms with Gasteiger partial charge in [-0.05, 0) is 67.5 Å². The van der Waals surface area contributed by atoms with Gasteiger partial charge in [-0.15, -0.1) is 0 Å². The molecule has 2 heterocycles. The van der Waals surface area contributed by atoms with Gasteiger partial charge >= 0.3 is 5.69 Å². The Kier molecular flexibility index (Phi) is 7.38. The number of halogens is 2. The normalized spacial score (nSPS) is 13.0. The van der Waals surface area contributed by atoms with Crippen LogP contribution in [0, 0.1) is 0 Å². The van der Waals surface area contributed by atoms with Crippen molar-refractivity contribution < 1.29 is 0 Å². The second-order valence-corrected chi connectivity index (χ2v) is 9.34. The lowest BCUT2D eigenvalue weighted by molar-refractivity contribution is 0.525. The van der Waals surface area contributed by atoms with Crippen LogP contribution < -0.4 is 5.69 Å². The molecule has 2 N–H and O–H groups in total. The molecule has 4 aromatic rings. The molecule has 8 heteroatoms. The number of rotatable bonds is 8. The Morgan fingerprint density at radius 3 is 2.69 bits per heavy atom. The van der Waals surface area contributed by atoms with Gasteiger partial charge in [-0.2, -0.15) is 0 Å². The van der Waals surface area contributed by atoms with Crippen LogP contribution >= 0.6 is 23.2 Å². The van der Waals surface area contributed by atoms with Crippen LogP contribution in [0.25, 0.3) is 33.5 Å². The maximum absolute atomic E-state index is 11.7. The topological polar surface area (TPSA) is 69.7 Å². The number of aromatic nitrogens is 4. The average Bonchev–Trinajstić information content (AvgIpc) is 3.44. The monoisotopic (exact) mass is 519 g/mol. The third kappa shape index (κ3) is 5.10. The second-order valence-electron chi connectivity index (χ2n) is 8.50. The summed E-state index contributed by atoms with van der Waals surface area (Å²) in [6.07, 6.45) is 9.18. The largest absolute Gasteiger partial charge is 0.370 e. The highest BCUT2D eigenvalue weighted by atomic mass is 35.5. The Morgan fingerprint density at radius 1 is 1.22 bits per heavy atom. The van der Waals surface area contributed by atoms with E-state index < -0.39 is 0 Å². The Bertz CT molecular complexity index is 1630. The van der Waals surface area contributed by atoms with E-state index in [0.717, 1.165) is 39.1 Å². The van der Waals surface area contributed by atoms with E-state index in [1.54, 1.807) is 12.4 Å². The second kappa shape index (κ2) is 10.5. The fraction of sp³-hybridized carbons (Fsp3) is 0.143. The Balaban J connectivity index is 1.74. The highest BCUT2D eigenvalue weighted by molar-refractivity contribution is 6.35. The summed E-state index contributed by atoms with van der Waals surface area (Å²) in [5, 5.41) is 1.21. The molecule has 0 aliphatic heterocycles. The van der Waals surface area contributed by atoms with Crippen molar-refractivity contribution in [1.29, 1.82) is 0 Å². The van der Waals surface area contributed by atoms with Crippen LogP contribution in [0.15, 0.2) is 95.1 Å². The van der Waals surface area contributed by atoms with E-state index in [1.807, 2.05) is 74.0 Å². The van der Waals surface area contributed by atoms with E-state index in [9.17, 15) is 4.79 Å². The predicted octanol–water partition coefficient (Wildman–Crippen LogP) is 6.95. The Labute approximate surface area is 219 Å². The first-order chi connectivity index (χ1) is 17.2. The van der Waals surface area contributed by atoms with Gasteiger partial charge in [0.1, 0.15) is 11.8 Å². The predicted molar refractivity (Wildman–Crippen MR) is 152 cm³/mol. The molecular weight excluding hydrogens is 493 g/mol. The molecule has 0 spiro atoms. The maximum Gasteiger partial charge on any atom is 0.323 e. The zero-order chi connectivity index (χ0) is 26.0. The summed E-state index contributed by atoms with van der Waals surface area (Å²) in [7, 11) is 2.00. The molecule has 0 saturated heterocycles. The Hall–Kier alpha value is -3.74. The number of allylic oxidation sites excluding steroid dienone is 5. The molecule has 0 aliphatic carbocycles. The number of nitrogens with one attached hydrogen (secondary N) is 2. The molecule has 0 atom stereocenters. The molecule has 0 bridgehead atoms. The van der Waals surface area contributed by atoms with Crippen molar-refractivity contribution in [2.75, 3.05) is 13.6 Å². The van der Waals surface area contributed by atoms with Crippen molar-refractivity contribution in [1.82, 2.24) is 24.4 Å². The first kappa shape index (κ1) is 25.4. The number of fused-ring (bicyclic) bond motifs is 2. The fourth-order valence-corrected chi connectivity index (χ4v) is 4.47. The number of benzene rings is 2. The molecule has 0 aliphatic rings. The summed E-state index contributed by atoms with van der Waals surface area (Å²) >= 11 is 12.9. The van der Waals surface area contributed by atoms with Crippen molar-refractivity contribution in [3.63, 3.8) is 0 Å². The number of H-pyrrole nitrogens is 2. The number of likely N-dealkylation sites (N-methyl/N-ethyl adjacent to an activating group) is 1. The minimum atomic E-state index is -0.245. The standard InChI is InChI=1S/C28H27Cl2N5O/c1-6-8-25(34(5)15-18(4)17(3)11-20(29)7-2)19-12-22(30)27-26(13-19)35(16-31-27)21-9-10-23-24(14-21)33-28(36)32-23/h6-14,16H,1,4,15H2,2-3,5H3,(H2,32,33,36)/b17-11-,20-7+,25-8-. The van der Waals surface area contributed by atoms with E-state index in [0.29, 0.717) is 27.6 Å². The van der Waals surface area contributed by atoms with Crippen molar-refractivity contribution >= 4 is 51.0 Å². The summed E-state index contributed by atoms with van der Waals surface area (Å²) < 4.78 is 1.95. The van der Waals surface area contributed by atoms with Gasteiger partial charge in [-0.3, -0.25) is 4.57 Å². The molecule has 0 unspecified atom stereocenters. The fourth-order valence-electron chi connectivity index (χ4n) is 4.04. The quantitative estimate of drug-likeness (QED) is 0.247. The third-order valence-electron chi connectivity index (χ3n) is 5.98. The number of hydrogen-bond acceptors (Lipinski definition) is 3. The summed E-state index contributed by atoms with van der Waals surface area (Å²) in [4.78, 5) is 23.9. The molecule has 36 heavy (non-hydrogen) atoms. The van der Waals surface area contributed by atoms with Crippen LogP contribution in [0.3, 0.4) is 0 Å². The van der Waals surface area contributed by atoms with Gasteiger partial charge in [0.2, 0.25) is 0 Å². The van der Waals surface area contributed by atoms with Crippen LogP contribution in [0.5, 0.6) is 0 Å². The van der Waals surface area contributed by atoms with Crippen LogP contribution in [-0.4, -0.2) is 38.0 Å². The number of nitrogens with zero attached hydrogens (tertiary/aromatic N) is 3. The highest BCUT2D eigenvalue weighted by Gasteiger charge is 2.16. The first-order valence-electron chi connectivity index (χ1n) is 11.3. The number of aromatic amines is 2. The van der Waals surface area contributed by atoms with Gasteiger partial charge in [-0.25, -0.2) is 9.78 Å². The lowest BCUT2D eigenvalue weighted by Gasteiger charge is -2.25. The molecule has 2 aromatic heterocycles. The lowest BCUT2D eigenvalue weighted by atomic mass is 10.1. The van der Waals surface area contributed by atoms with Crippen molar-refractivity contribution in [3.8, 4) is 5.69 Å². The molecule has 6 nitrogen and oxygen atoms in total. The molecular formula is C28H27Cl2N5O. The van der Waals surface area contributed by atoms with E-state index >= 15 is 0 Å². The number of imidazole rings is 2. The van der Waals surface area contributed by atoms with Crippen molar-refractivity contribution in [2.45, 2.75) is 13.8 Å². The molecule has 4 rings (SSSR count). The first-order valence-corrected chi connectivity index (χ1v) is 12.1. The smallest absolute Gasteiger partial charge is 0.323 e. The van der Waals surface area contributed by atoms with Gasteiger partial charge in [0.25, 0.3) is 0 Å². The van der Waals surface area contributed by atoms with Gasteiger partial charge in [-0.1, -0.05) is 48.5 Å². The summed E-state index contributed by atoms with van der Waals surface area (Å²) in [5.41, 5.74) is 7.38. The third-order valence-corrected chi connectivity index (χ3v) is 6.60. The molecule has 0 saturated carbocycles. The summed E-state index contributed by atoms with van der Waals surface area (Å²) in [6, 6.07) is 9.64. The summed E-state index contributed by atoms with van der Waals surface area (Å²) in [5.74, 6) is 0. The summed E-state index contributed by atoms with van der Waals surface area (Å²) in [6.45, 7) is 12.6. The van der Waals surface area contributed by atoms with Crippen LogP contribution in [0.2, 0.25) is 5.02 Å². The molecule has 2 aromatic carbocycles. The maximum atomic E-state index is 11.7. The van der Waals surface area contributed by atoms with Crippen LogP contribution in [0.4, 0.5) is 0 Å². The van der Waals surface area contributed by atoms with E-state index in [1.165, 1.54) is 0 Å². The minimum Gasteiger partial charge on any atom is -0.370 e. The highest BCUT2D eigenvalue weighted by Crippen LogP contribution is 2.31. The van der Waals surface area contributed by atoms with Crippen molar-refractivity contribution in [2.24, 2.45) is 0 Å². The molecule has 0 fully saturated rings. The van der Waals surface area contributed by atoms with E-state index in [4.69, 9.17) is 23.2 Å². The van der Waals surface area contributed by atoms with Gasteiger partial charge in [0.15, 0.2) is 0 Å². The SMILES string of the molecule is C=C/C=C(/c1cc(Cl)c2ncn(-c3ccc4[nH]c(=O)[nH]c4c3)c2c1)N(C)CC(=C)/C(C)=C\C(Cl)=C/C. The molecule has 0 radical (unpaired) electrons. The number of hydrogen-bond donors (Lipinski definition) is 2. The molecule has 0 amide bonds. The lowest BCUT2D eigenvalue weighted by Crippen LogP contribution is -2.20. The zero-order valence-corrected chi connectivity index (χ0v) is 21.9. The molecule has 184 valence electrons. The Morgan fingerprint density at radius 2 is 1.97 bits per heavy atom. The minimum absolute atomic E-state index is 0.245. The van der Waals surface area contributed by atoms with Crippen LogP contribution in [-0.2, 0) is 0 Å². The van der Waals surface area contributed by atoms with E-state index in [-0.39, 0.29) is 5.69 Å². The van der Waals surface area contributed by atoms with Crippen LogP contribution in [0.1, 0.15) is 19.4 Å². The van der Waals surface area contributed by atoms with Gasteiger partial charge in [0, 0.05) is 35.6 Å². The van der Waals surface area contributed by atoms with E-state index in [2.05, 4.69) is 33.0 Å². The van der Waals surface area contributed by atoms with Crippen molar-refractivity contribution in [3.05, 3.63) is 111 Å². The average molecular weight is 520 g/mol.